The minimum absolute atomic E-state index is 0.106. The van der Waals surface area contributed by atoms with Crippen molar-refractivity contribution in [2.24, 2.45) is 0 Å². The molecule has 2 atom stereocenters. The van der Waals surface area contributed by atoms with Gasteiger partial charge >= 0.3 is 11.9 Å². The Morgan fingerprint density at radius 2 is 1.82 bits per heavy atom. The fourth-order valence-corrected chi connectivity index (χ4v) is 4.79. The number of carbonyl (C=O) groups is 1. The van der Waals surface area contributed by atoms with E-state index in [2.05, 4.69) is 17.1 Å². The van der Waals surface area contributed by atoms with E-state index in [1.54, 1.807) is 39.8 Å². The minimum atomic E-state index is -3.50. The molecule has 0 saturated carbocycles. The predicted octanol–water partition coefficient (Wildman–Crippen LogP) is 5.75. The van der Waals surface area contributed by atoms with Gasteiger partial charge in [-0.2, -0.15) is 13.8 Å². The molecular weight excluding hydrogens is 453 g/mol. The zero-order chi connectivity index (χ0) is 24.9. The van der Waals surface area contributed by atoms with Crippen molar-refractivity contribution in [2.45, 2.75) is 77.5 Å². The average Bonchev–Trinajstić information content (AvgIpc) is 3.19. The van der Waals surface area contributed by atoms with Crippen LogP contribution in [0, 0.1) is 0 Å². The van der Waals surface area contributed by atoms with Gasteiger partial charge < -0.3 is 13.8 Å². The van der Waals surface area contributed by atoms with Gasteiger partial charge in [-0.25, -0.2) is 0 Å². The van der Waals surface area contributed by atoms with E-state index >= 15 is 8.78 Å². The summed E-state index contributed by atoms with van der Waals surface area (Å²) in [6.07, 6.45) is 2.47. The normalized spacial score (nSPS) is 15.2. The first-order valence-corrected chi connectivity index (χ1v) is 13.2. The number of carbonyl (C=O) groups excluding carboxylic acids is 1. The van der Waals surface area contributed by atoms with Gasteiger partial charge in [0.25, 0.3) is 0 Å². The van der Waals surface area contributed by atoms with Crippen molar-refractivity contribution in [3.8, 4) is 0 Å². The minimum Gasteiger partial charge on any atom is -0.459 e. The van der Waals surface area contributed by atoms with Crippen LogP contribution in [0.2, 0.25) is 0 Å². The highest BCUT2D eigenvalue weighted by Crippen LogP contribution is 2.50. The Kier molecular flexibility index (Phi) is 8.94. The number of benzene rings is 1. The van der Waals surface area contributed by atoms with Crippen LogP contribution in [0.5, 0.6) is 0 Å². The zero-order valence-corrected chi connectivity index (χ0v) is 21.0. The summed E-state index contributed by atoms with van der Waals surface area (Å²) in [6, 6.07) is 6.02. The number of hydrogen-bond acceptors (Lipinski definition) is 7. The summed E-state index contributed by atoms with van der Waals surface area (Å²) in [5.74, 6) is -5.36. The zero-order valence-electron chi connectivity index (χ0n) is 20.1. The molecule has 0 radical (unpaired) electrons. The molecule has 2 unspecified atom stereocenters. The molecule has 0 aliphatic carbocycles. The molecule has 184 valence electrons. The van der Waals surface area contributed by atoms with Gasteiger partial charge in [0.05, 0.1) is 6.61 Å². The molecule has 2 rings (SSSR count). The summed E-state index contributed by atoms with van der Waals surface area (Å²) >= 11 is 0. The van der Waals surface area contributed by atoms with Gasteiger partial charge in [0.2, 0.25) is 19.1 Å². The molecule has 0 amide bonds. The van der Waals surface area contributed by atoms with Crippen LogP contribution in [-0.2, 0) is 37.4 Å². The number of ether oxygens (including phenoxy) is 1. The number of rotatable bonds is 11. The molecule has 0 aliphatic rings. The second-order valence-electron chi connectivity index (χ2n) is 8.97. The number of alkyl halides is 2. The van der Waals surface area contributed by atoms with E-state index in [-0.39, 0.29) is 24.5 Å². The van der Waals surface area contributed by atoms with E-state index in [4.69, 9.17) is 13.8 Å². The van der Waals surface area contributed by atoms with E-state index in [0.717, 1.165) is 24.8 Å². The maximum atomic E-state index is 15.0. The van der Waals surface area contributed by atoms with Gasteiger partial charge in [-0.05, 0) is 46.1 Å². The highest BCUT2D eigenvalue weighted by Gasteiger charge is 2.43. The lowest BCUT2D eigenvalue weighted by Gasteiger charge is -2.26. The number of aryl methyl sites for hydroxylation is 1. The predicted molar refractivity (Wildman–Crippen MR) is 121 cm³/mol. The van der Waals surface area contributed by atoms with Crippen molar-refractivity contribution < 1.29 is 31.9 Å². The van der Waals surface area contributed by atoms with Crippen LogP contribution in [0.15, 0.2) is 28.8 Å². The Hall–Kier alpha value is -2.12. The quantitative estimate of drug-likeness (QED) is 0.295. The van der Waals surface area contributed by atoms with Gasteiger partial charge in [-0.3, -0.25) is 9.36 Å². The van der Waals surface area contributed by atoms with E-state index < -0.39 is 36.3 Å². The van der Waals surface area contributed by atoms with Crippen LogP contribution in [0.1, 0.15) is 70.3 Å². The van der Waals surface area contributed by atoms with Crippen molar-refractivity contribution in [2.75, 3.05) is 13.3 Å². The lowest BCUT2D eigenvalue weighted by molar-refractivity contribution is -0.154. The molecule has 1 heterocycles. The molecule has 0 bridgehead atoms. The first kappa shape index (κ1) is 27.1. The molecule has 0 aliphatic heterocycles. The number of halogens is 2. The Morgan fingerprint density at radius 1 is 1.18 bits per heavy atom. The SMILES string of the molecule is CCCCc1ccc(C(F)(F)c2noc(CC(C(=O)OC(C)(C)C)P(C)(=O)OCC)n2)cc1. The van der Waals surface area contributed by atoms with Crippen LogP contribution < -0.4 is 0 Å². The molecule has 10 heteroatoms. The van der Waals surface area contributed by atoms with E-state index in [9.17, 15) is 9.36 Å². The van der Waals surface area contributed by atoms with Gasteiger partial charge in [-0.15, -0.1) is 0 Å². The highest BCUT2D eigenvalue weighted by molar-refractivity contribution is 7.60. The summed E-state index contributed by atoms with van der Waals surface area (Å²) in [7, 11) is -3.50. The molecule has 0 fully saturated rings. The largest absolute Gasteiger partial charge is 0.459 e. The van der Waals surface area contributed by atoms with Gasteiger partial charge in [0.1, 0.15) is 11.3 Å². The average molecular weight is 486 g/mol. The lowest BCUT2D eigenvalue weighted by Crippen LogP contribution is -2.33. The maximum Gasteiger partial charge on any atom is 0.335 e. The molecule has 2 aromatic rings. The van der Waals surface area contributed by atoms with Crippen LogP contribution in [0.3, 0.4) is 0 Å². The highest BCUT2D eigenvalue weighted by atomic mass is 31.2. The Labute approximate surface area is 193 Å². The Morgan fingerprint density at radius 3 is 2.36 bits per heavy atom. The lowest BCUT2D eigenvalue weighted by atomic mass is 10.0. The van der Waals surface area contributed by atoms with Crippen LogP contribution >= 0.6 is 7.37 Å². The van der Waals surface area contributed by atoms with E-state index in [1.807, 2.05) is 0 Å². The summed E-state index contributed by atoms with van der Waals surface area (Å²) in [5, 5.41) is 3.43. The standard InChI is InChI=1S/C23H33F2N2O5P/c1-7-9-10-16-11-13-17(14-12-16)23(24,25)21-26-19(32-27-21)15-18(33(6,29)30-8-2)20(28)31-22(3,4)5/h11-14,18H,7-10,15H2,1-6H3. The van der Waals surface area contributed by atoms with Crippen molar-refractivity contribution in [1.29, 1.82) is 0 Å². The maximum absolute atomic E-state index is 15.0. The molecule has 33 heavy (non-hydrogen) atoms. The third kappa shape index (κ3) is 7.44. The second kappa shape index (κ2) is 10.9. The van der Waals surface area contributed by atoms with Gasteiger partial charge in [-0.1, -0.05) is 42.8 Å². The van der Waals surface area contributed by atoms with Crippen LogP contribution in [-0.4, -0.2) is 40.6 Å². The molecule has 0 N–H and O–H groups in total. The number of unbranched alkanes of at least 4 members (excludes halogenated alkanes) is 1. The molecule has 7 nitrogen and oxygen atoms in total. The summed E-state index contributed by atoms with van der Waals surface area (Å²) < 4.78 is 58.7. The van der Waals surface area contributed by atoms with Crippen molar-refractivity contribution in [3.05, 3.63) is 47.1 Å². The van der Waals surface area contributed by atoms with E-state index in [0.29, 0.717) is 0 Å². The molecule has 0 saturated heterocycles. The van der Waals surface area contributed by atoms with Crippen LogP contribution in [0.25, 0.3) is 0 Å². The smallest absolute Gasteiger partial charge is 0.335 e. The fourth-order valence-electron chi connectivity index (χ4n) is 3.18. The third-order valence-electron chi connectivity index (χ3n) is 4.88. The first-order chi connectivity index (χ1) is 15.3. The summed E-state index contributed by atoms with van der Waals surface area (Å²) in [4.78, 5) is 16.5. The third-order valence-corrected chi connectivity index (χ3v) is 7.18. The fraction of sp³-hybridized carbons (Fsp3) is 0.609. The molecule has 0 spiro atoms. The molecule has 1 aromatic heterocycles. The Balaban J connectivity index is 2.26. The summed E-state index contributed by atoms with van der Waals surface area (Å²) in [5.41, 5.74) is -1.40. The van der Waals surface area contributed by atoms with Crippen molar-refractivity contribution in [1.82, 2.24) is 10.1 Å². The van der Waals surface area contributed by atoms with Crippen molar-refractivity contribution >= 4 is 13.3 Å². The number of hydrogen-bond donors (Lipinski definition) is 0. The molecular formula is C23H33F2N2O5P. The number of nitrogens with zero attached hydrogens (tertiary/aromatic N) is 2. The summed E-state index contributed by atoms with van der Waals surface area (Å²) in [6.45, 7) is 10.1. The first-order valence-electron chi connectivity index (χ1n) is 11.0. The van der Waals surface area contributed by atoms with Gasteiger partial charge in [0.15, 0.2) is 0 Å². The second-order valence-corrected chi connectivity index (χ2v) is 11.7. The van der Waals surface area contributed by atoms with Crippen LogP contribution in [0.4, 0.5) is 8.78 Å². The topological polar surface area (TPSA) is 91.5 Å². The van der Waals surface area contributed by atoms with Crippen molar-refractivity contribution in [3.63, 3.8) is 0 Å². The monoisotopic (exact) mass is 486 g/mol. The molecule has 1 aromatic carbocycles. The number of aromatic nitrogens is 2. The van der Waals surface area contributed by atoms with E-state index in [1.165, 1.54) is 18.8 Å². The number of esters is 1. The van der Waals surface area contributed by atoms with Gasteiger partial charge in [0, 0.05) is 18.6 Å². The Bertz CT molecular complexity index is 970.